The third kappa shape index (κ3) is 3.09. The van der Waals surface area contributed by atoms with Crippen LogP contribution in [-0.2, 0) is 5.41 Å². The summed E-state index contributed by atoms with van der Waals surface area (Å²) in [7, 11) is 0. The highest BCUT2D eigenvalue weighted by Gasteiger charge is 2.18. The summed E-state index contributed by atoms with van der Waals surface area (Å²) in [5.41, 5.74) is 1.79. The maximum atomic E-state index is 12.0. The molecule has 6 heteroatoms. The van der Waals surface area contributed by atoms with Crippen molar-refractivity contribution < 1.29 is 4.74 Å². The van der Waals surface area contributed by atoms with Crippen molar-refractivity contribution >= 4 is 10.9 Å². The van der Waals surface area contributed by atoms with E-state index in [1.807, 2.05) is 30.3 Å². The Morgan fingerprint density at radius 2 is 1.88 bits per heavy atom. The van der Waals surface area contributed by atoms with Crippen LogP contribution in [0.2, 0.25) is 0 Å². The van der Waals surface area contributed by atoms with Gasteiger partial charge < -0.3 is 9.72 Å². The van der Waals surface area contributed by atoms with Crippen LogP contribution in [0.25, 0.3) is 10.9 Å². The van der Waals surface area contributed by atoms with Crippen molar-refractivity contribution in [2.75, 3.05) is 0 Å². The summed E-state index contributed by atoms with van der Waals surface area (Å²) in [6.07, 6.45) is 1.27. The Morgan fingerprint density at radius 1 is 1.20 bits per heavy atom. The SMILES string of the molecule is Cc1nc(Oc2ccc(C(C)(C)C)cc2)c(C#N)c2nc[nH]c(=O)c12. The molecule has 0 saturated heterocycles. The lowest BCUT2D eigenvalue weighted by molar-refractivity contribution is 0.460. The van der Waals surface area contributed by atoms with E-state index in [-0.39, 0.29) is 22.4 Å². The van der Waals surface area contributed by atoms with E-state index in [0.717, 1.165) is 0 Å². The highest BCUT2D eigenvalue weighted by molar-refractivity contribution is 5.86. The molecule has 2 aromatic heterocycles. The monoisotopic (exact) mass is 334 g/mol. The van der Waals surface area contributed by atoms with E-state index in [9.17, 15) is 10.1 Å². The second-order valence-electron chi connectivity index (χ2n) is 6.82. The van der Waals surface area contributed by atoms with Crippen LogP contribution in [0.5, 0.6) is 11.6 Å². The van der Waals surface area contributed by atoms with E-state index >= 15 is 0 Å². The first kappa shape index (κ1) is 16.7. The lowest BCUT2D eigenvalue weighted by Crippen LogP contribution is -2.11. The topological polar surface area (TPSA) is 91.7 Å². The number of benzene rings is 1. The van der Waals surface area contributed by atoms with Gasteiger partial charge in [-0.3, -0.25) is 4.79 Å². The van der Waals surface area contributed by atoms with Crippen LogP contribution in [-0.4, -0.2) is 15.0 Å². The number of aryl methyl sites for hydroxylation is 1. The molecule has 0 atom stereocenters. The summed E-state index contributed by atoms with van der Waals surface area (Å²) >= 11 is 0. The number of hydrogen-bond donors (Lipinski definition) is 1. The van der Waals surface area contributed by atoms with E-state index in [4.69, 9.17) is 4.74 Å². The van der Waals surface area contributed by atoms with Crippen molar-refractivity contribution in [3.63, 3.8) is 0 Å². The van der Waals surface area contributed by atoms with Crippen LogP contribution in [0.15, 0.2) is 35.4 Å². The van der Waals surface area contributed by atoms with Crippen molar-refractivity contribution in [3.05, 3.63) is 57.8 Å². The second-order valence-corrected chi connectivity index (χ2v) is 6.82. The maximum absolute atomic E-state index is 12.0. The summed E-state index contributed by atoms with van der Waals surface area (Å²) in [5.74, 6) is 0.717. The van der Waals surface area contributed by atoms with Gasteiger partial charge in [-0.2, -0.15) is 5.26 Å². The predicted octanol–water partition coefficient (Wildman–Crippen LogP) is 3.59. The number of aromatic amines is 1. The molecule has 25 heavy (non-hydrogen) atoms. The van der Waals surface area contributed by atoms with Gasteiger partial charge in [0, 0.05) is 0 Å². The summed E-state index contributed by atoms with van der Waals surface area (Å²) in [6, 6.07) is 9.70. The quantitative estimate of drug-likeness (QED) is 0.773. The zero-order chi connectivity index (χ0) is 18.2. The van der Waals surface area contributed by atoms with E-state index in [2.05, 4.69) is 35.7 Å². The fourth-order valence-corrected chi connectivity index (χ4v) is 2.60. The molecule has 0 saturated carbocycles. The summed E-state index contributed by atoms with van der Waals surface area (Å²) in [4.78, 5) is 22.9. The van der Waals surface area contributed by atoms with Gasteiger partial charge in [0.05, 0.1) is 17.4 Å². The normalized spacial score (nSPS) is 11.3. The van der Waals surface area contributed by atoms with Crippen LogP contribution < -0.4 is 10.3 Å². The zero-order valence-electron chi connectivity index (χ0n) is 14.5. The number of rotatable bonds is 2. The maximum Gasteiger partial charge on any atom is 0.260 e. The second kappa shape index (κ2) is 6.02. The number of hydrogen-bond acceptors (Lipinski definition) is 5. The summed E-state index contributed by atoms with van der Waals surface area (Å²) < 4.78 is 5.81. The number of H-pyrrole nitrogens is 1. The van der Waals surface area contributed by atoms with Gasteiger partial charge in [0.15, 0.2) is 0 Å². The lowest BCUT2D eigenvalue weighted by Gasteiger charge is -2.19. The molecule has 0 aliphatic rings. The molecule has 0 fully saturated rings. The molecular formula is C19H18N4O2. The van der Waals surface area contributed by atoms with Crippen LogP contribution in [0.3, 0.4) is 0 Å². The summed E-state index contributed by atoms with van der Waals surface area (Å²) in [5, 5.41) is 9.81. The Hall–Kier alpha value is -3.20. The Balaban J connectivity index is 2.08. The molecule has 0 bridgehead atoms. The molecule has 0 radical (unpaired) electrons. The third-order valence-electron chi connectivity index (χ3n) is 3.98. The number of nitriles is 1. The van der Waals surface area contributed by atoms with E-state index < -0.39 is 0 Å². The zero-order valence-corrected chi connectivity index (χ0v) is 14.5. The number of nitrogens with one attached hydrogen (secondary N) is 1. The molecular weight excluding hydrogens is 316 g/mol. The van der Waals surface area contributed by atoms with Crippen LogP contribution in [0.4, 0.5) is 0 Å². The third-order valence-corrected chi connectivity index (χ3v) is 3.98. The van der Waals surface area contributed by atoms with Crippen molar-refractivity contribution in [3.8, 4) is 17.7 Å². The Morgan fingerprint density at radius 3 is 2.48 bits per heavy atom. The molecule has 126 valence electrons. The molecule has 1 aromatic carbocycles. The summed E-state index contributed by atoms with van der Waals surface area (Å²) in [6.45, 7) is 8.09. The number of pyridine rings is 1. The molecule has 0 aliphatic carbocycles. The molecule has 0 amide bonds. The van der Waals surface area contributed by atoms with Crippen molar-refractivity contribution in [1.29, 1.82) is 5.26 Å². The average molecular weight is 334 g/mol. The fraction of sp³-hybridized carbons (Fsp3) is 0.263. The molecule has 3 rings (SSSR count). The molecule has 1 N–H and O–H groups in total. The largest absolute Gasteiger partial charge is 0.438 e. The van der Waals surface area contributed by atoms with Crippen molar-refractivity contribution in [2.45, 2.75) is 33.1 Å². The van der Waals surface area contributed by atoms with E-state index in [1.54, 1.807) is 6.92 Å². The first-order valence-corrected chi connectivity index (χ1v) is 7.88. The molecule has 2 heterocycles. The minimum Gasteiger partial charge on any atom is -0.438 e. The molecule has 0 unspecified atom stereocenters. The average Bonchev–Trinajstić information content (AvgIpc) is 2.54. The fourth-order valence-electron chi connectivity index (χ4n) is 2.60. The first-order chi connectivity index (χ1) is 11.8. The highest BCUT2D eigenvalue weighted by atomic mass is 16.5. The number of ether oxygens (including phenoxy) is 1. The van der Waals surface area contributed by atoms with Crippen LogP contribution in [0.1, 0.15) is 37.6 Å². The molecule has 3 aromatic rings. The van der Waals surface area contributed by atoms with Crippen LogP contribution >= 0.6 is 0 Å². The van der Waals surface area contributed by atoms with Crippen LogP contribution in [0, 0.1) is 18.3 Å². The first-order valence-electron chi connectivity index (χ1n) is 7.88. The Bertz CT molecular complexity index is 1040. The van der Waals surface area contributed by atoms with E-state index in [1.165, 1.54) is 11.9 Å². The van der Waals surface area contributed by atoms with Gasteiger partial charge >= 0.3 is 0 Å². The minimum atomic E-state index is -0.326. The predicted molar refractivity (Wildman–Crippen MR) is 94.8 cm³/mol. The van der Waals surface area contributed by atoms with E-state index in [0.29, 0.717) is 22.3 Å². The van der Waals surface area contributed by atoms with Gasteiger partial charge in [0.25, 0.3) is 5.56 Å². The number of aromatic nitrogens is 3. The van der Waals surface area contributed by atoms with Gasteiger partial charge in [-0.1, -0.05) is 32.9 Å². The highest BCUT2D eigenvalue weighted by Crippen LogP contribution is 2.30. The number of nitrogens with zero attached hydrogens (tertiary/aromatic N) is 3. The van der Waals surface area contributed by atoms with Crippen molar-refractivity contribution in [1.82, 2.24) is 15.0 Å². The van der Waals surface area contributed by atoms with Gasteiger partial charge in [-0.15, -0.1) is 0 Å². The Labute approximate surface area is 145 Å². The number of fused-ring (bicyclic) bond motifs is 1. The molecule has 0 aliphatic heterocycles. The smallest absolute Gasteiger partial charge is 0.260 e. The molecule has 0 spiro atoms. The molecule has 6 nitrogen and oxygen atoms in total. The van der Waals surface area contributed by atoms with Gasteiger partial charge in [0.1, 0.15) is 22.9 Å². The van der Waals surface area contributed by atoms with Gasteiger partial charge in [-0.25, -0.2) is 9.97 Å². The minimum absolute atomic E-state index is 0.0408. The Kier molecular flexibility index (Phi) is 4.01. The van der Waals surface area contributed by atoms with Gasteiger partial charge in [0.2, 0.25) is 5.88 Å². The van der Waals surface area contributed by atoms with Crippen molar-refractivity contribution in [2.24, 2.45) is 0 Å². The standard InChI is InChI=1S/C19H18N4O2/c1-11-15-16(21-10-22-17(15)24)14(9-20)18(23-11)25-13-7-5-12(6-8-13)19(2,3)4/h5-8,10H,1-4H3,(H,21,22,24). The lowest BCUT2D eigenvalue weighted by atomic mass is 9.87. The van der Waals surface area contributed by atoms with Gasteiger partial charge in [-0.05, 0) is 30.0 Å².